The number of methoxy groups -OCH3 is 2. The summed E-state index contributed by atoms with van der Waals surface area (Å²) in [6.45, 7) is 0.374. The van der Waals surface area contributed by atoms with Crippen molar-refractivity contribution in [1.82, 2.24) is 4.90 Å². The minimum absolute atomic E-state index is 0.0720. The molecule has 2 aromatic carbocycles. The lowest BCUT2D eigenvalue weighted by atomic mass is 9.94. The normalized spacial score (nSPS) is 18.5. The number of aliphatic hydroxyl groups is 1. The molecule has 1 amide bonds. The van der Waals surface area contributed by atoms with Gasteiger partial charge in [-0.2, -0.15) is 0 Å². The first-order valence-electron chi connectivity index (χ1n) is 8.65. The second-order valence-electron chi connectivity index (χ2n) is 6.23. The molecule has 7 heteroatoms. The van der Waals surface area contributed by atoms with Gasteiger partial charge in [0.05, 0.1) is 25.3 Å². The number of ether oxygens (including phenoxy) is 2. The Morgan fingerprint density at radius 3 is 2.43 bits per heavy atom. The number of Topliss-reactive ketones (excluding diaryl/α,β-unsaturated/α-hetero) is 1. The minimum atomic E-state index is -0.851. The van der Waals surface area contributed by atoms with Crippen molar-refractivity contribution in [2.45, 2.75) is 6.04 Å². The molecule has 0 radical (unpaired) electrons. The zero-order valence-electron chi connectivity index (χ0n) is 15.5. The summed E-state index contributed by atoms with van der Waals surface area (Å²) in [6, 6.07) is 11.2. The van der Waals surface area contributed by atoms with Crippen LogP contribution < -0.4 is 4.74 Å². The number of amides is 1. The van der Waals surface area contributed by atoms with Crippen LogP contribution in [0.15, 0.2) is 54.1 Å². The molecular weight excluding hydrogens is 365 g/mol. The molecule has 1 heterocycles. The van der Waals surface area contributed by atoms with Gasteiger partial charge in [-0.3, -0.25) is 9.59 Å². The van der Waals surface area contributed by atoms with Crippen LogP contribution in [0.5, 0.6) is 5.75 Å². The number of ketones is 1. The molecule has 0 aliphatic carbocycles. The van der Waals surface area contributed by atoms with Crippen LogP contribution in [0.1, 0.15) is 17.2 Å². The average molecular weight is 385 g/mol. The SMILES string of the molecule is COCCN1C(=O)C(=O)/C(=C(\O)c2ccc(F)cc2)C1c1ccccc1OC. The molecule has 0 bridgehead atoms. The van der Waals surface area contributed by atoms with E-state index in [1.807, 2.05) is 0 Å². The molecule has 0 spiro atoms. The number of hydrogen-bond donors (Lipinski definition) is 1. The number of carbonyl (C=O) groups is 2. The fourth-order valence-electron chi connectivity index (χ4n) is 3.28. The van der Waals surface area contributed by atoms with Crippen LogP contribution in [0.4, 0.5) is 4.39 Å². The van der Waals surface area contributed by atoms with Crippen molar-refractivity contribution in [3.63, 3.8) is 0 Å². The van der Waals surface area contributed by atoms with Crippen LogP contribution in [-0.2, 0) is 14.3 Å². The molecular formula is C21H20FNO5. The van der Waals surface area contributed by atoms with Crippen molar-refractivity contribution in [2.75, 3.05) is 27.4 Å². The molecule has 1 atom stereocenters. The van der Waals surface area contributed by atoms with Gasteiger partial charge in [-0.1, -0.05) is 18.2 Å². The van der Waals surface area contributed by atoms with Crippen molar-refractivity contribution in [1.29, 1.82) is 0 Å². The Kier molecular flexibility index (Phi) is 5.75. The number of carbonyl (C=O) groups excluding carboxylic acids is 2. The van der Waals surface area contributed by atoms with Gasteiger partial charge in [-0.15, -0.1) is 0 Å². The number of halogens is 1. The van der Waals surface area contributed by atoms with Gasteiger partial charge in [0, 0.05) is 24.8 Å². The highest BCUT2D eigenvalue weighted by molar-refractivity contribution is 6.46. The van der Waals surface area contributed by atoms with Crippen LogP contribution in [0.3, 0.4) is 0 Å². The number of nitrogens with zero attached hydrogens (tertiary/aromatic N) is 1. The second-order valence-corrected chi connectivity index (χ2v) is 6.23. The van der Waals surface area contributed by atoms with Crippen LogP contribution in [0, 0.1) is 5.82 Å². The molecule has 1 fully saturated rings. The monoisotopic (exact) mass is 385 g/mol. The largest absolute Gasteiger partial charge is 0.507 e. The summed E-state index contributed by atoms with van der Waals surface area (Å²) in [4.78, 5) is 26.8. The van der Waals surface area contributed by atoms with E-state index in [-0.39, 0.29) is 30.0 Å². The Hall–Kier alpha value is -3.19. The summed E-state index contributed by atoms with van der Waals surface area (Å²) in [5.41, 5.74) is 0.729. The van der Waals surface area contributed by atoms with E-state index in [9.17, 15) is 19.1 Å². The Balaban J connectivity index is 2.20. The van der Waals surface area contributed by atoms with Gasteiger partial charge in [-0.05, 0) is 30.3 Å². The maximum absolute atomic E-state index is 13.3. The van der Waals surface area contributed by atoms with Crippen LogP contribution in [0.25, 0.3) is 5.76 Å². The van der Waals surface area contributed by atoms with Crippen molar-refractivity contribution >= 4 is 17.4 Å². The highest BCUT2D eigenvalue weighted by atomic mass is 19.1. The molecule has 2 aromatic rings. The molecule has 1 N–H and O–H groups in total. The number of para-hydroxylation sites is 1. The summed E-state index contributed by atoms with van der Waals surface area (Å²) in [6.07, 6.45) is 0. The Morgan fingerprint density at radius 2 is 1.79 bits per heavy atom. The smallest absolute Gasteiger partial charge is 0.295 e. The molecule has 1 aliphatic heterocycles. The molecule has 0 aromatic heterocycles. The quantitative estimate of drug-likeness (QED) is 0.470. The van der Waals surface area contributed by atoms with Crippen molar-refractivity contribution in [2.24, 2.45) is 0 Å². The van der Waals surface area contributed by atoms with Crippen LogP contribution in [-0.4, -0.2) is 49.1 Å². The molecule has 28 heavy (non-hydrogen) atoms. The van der Waals surface area contributed by atoms with E-state index in [1.54, 1.807) is 24.3 Å². The predicted molar refractivity (Wildman–Crippen MR) is 100 cm³/mol. The van der Waals surface area contributed by atoms with Gasteiger partial charge in [0.25, 0.3) is 11.7 Å². The fourth-order valence-corrected chi connectivity index (χ4v) is 3.28. The van der Waals surface area contributed by atoms with E-state index in [1.165, 1.54) is 43.4 Å². The van der Waals surface area contributed by atoms with Gasteiger partial charge in [0.1, 0.15) is 17.3 Å². The van der Waals surface area contributed by atoms with E-state index in [0.29, 0.717) is 11.3 Å². The second kappa shape index (κ2) is 8.22. The lowest BCUT2D eigenvalue weighted by Crippen LogP contribution is -2.32. The maximum Gasteiger partial charge on any atom is 0.295 e. The number of aliphatic hydroxyl groups excluding tert-OH is 1. The first kappa shape index (κ1) is 19.6. The molecule has 1 saturated heterocycles. The third-order valence-corrected chi connectivity index (χ3v) is 4.63. The van der Waals surface area contributed by atoms with Gasteiger partial charge >= 0.3 is 0 Å². The molecule has 6 nitrogen and oxygen atoms in total. The maximum atomic E-state index is 13.3. The zero-order chi connectivity index (χ0) is 20.3. The van der Waals surface area contributed by atoms with E-state index in [4.69, 9.17) is 9.47 Å². The van der Waals surface area contributed by atoms with Gasteiger partial charge in [-0.25, -0.2) is 4.39 Å². The Bertz CT molecular complexity index is 923. The lowest BCUT2D eigenvalue weighted by molar-refractivity contribution is -0.140. The van der Waals surface area contributed by atoms with Gasteiger partial charge in [0.2, 0.25) is 0 Å². The molecule has 0 saturated carbocycles. The molecule has 146 valence electrons. The van der Waals surface area contributed by atoms with Gasteiger partial charge < -0.3 is 19.5 Å². The molecule has 1 unspecified atom stereocenters. The zero-order valence-corrected chi connectivity index (χ0v) is 15.5. The van der Waals surface area contributed by atoms with E-state index < -0.39 is 23.5 Å². The summed E-state index contributed by atoms with van der Waals surface area (Å²) in [5.74, 6) is -1.92. The lowest BCUT2D eigenvalue weighted by Gasteiger charge is -2.26. The molecule has 3 rings (SSSR count). The van der Waals surface area contributed by atoms with Crippen LogP contribution in [0.2, 0.25) is 0 Å². The summed E-state index contributed by atoms with van der Waals surface area (Å²) < 4.78 is 23.7. The predicted octanol–water partition coefficient (Wildman–Crippen LogP) is 2.90. The van der Waals surface area contributed by atoms with Gasteiger partial charge in [0.15, 0.2) is 0 Å². The number of likely N-dealkylation sites (tertiary alicyclic amines) is 1. The standard InChI is InChI=1S/C21H20FNO5/c1-27-12-11-23-18(15-5-3-4-6-16(15)28-2)17(20(25)21(23)26)19(24)13-7-9-14(22)10-8-13/h3-10,18,24H,11-12H2,1-2H3/b19-17-. The first-order valence-corrected chi connectivity index (χ1v) is 8.65. The third kappa shape index (κ3) is 3.48. The first-order chi connectivity index (χ1) is 13.5. The van der Waals surface area contributed by atoms with E-state index in [0.717, 1.165) is 0 Å². The summed E-state index contributed by atoms with van der Waals surface area (Å²) in [5, 5.41) is 10.8. The molecule has 1 aliphatic rings. The van der Waals surface area contributed by atoms with Crippen LogP contribution >= 0.6 is 0 Å². The summed E-state index contributed by atoms with van der Waals surface area (Å²) >= 11 is 0. The Morgan fingerprint density at radius 1 is 1.11 bits per heavy atom. The minimum Gasteiger partial charge on any atom is -0.507 e. The van der Waals surface area contributed by atoms with E-state index in [2.05, 4.69) is 0 Å². The summed E-state index contributed by atoms with van der Waals surface area (Å²) in [7, 11) is 2.98. The highest BCUT2D eigenvalue weighted by Gasteiger charge is 2.46. The number of rotatable bonds is 6. The Labute approximate surface area is 161 Å². The highest BCUT2D eigenvalue weighted by Crippen LogP contribution is 2.42. The topological polar surface area (TPSA) is 76.1 Å². The van der Waals surface area contributed by atoms with Crippen molar-refractivity contribution in [3.8, 4) is 5.75 Å². The van der Waals surface area contributed by atoms with Crippen molar-refractivity contribution in [3.05, 3.63) is 71.0 Å². The number of benzene rings is 2. The third-order valence-electron chi connectivity index (χ3n) is 4.63. The van der Waals surface area contributed by atoms with E-state index >= 15 is 0 Å². The van der Waals surface area contributed by atoms with Crippen molar-refractivity contribution < 1.29 is 28.6 Å². The fraction of sp³-hybridized carbons (Fsp3) is 0.238. The number of hydrogen-bond acceptors (Lipinski definition) is 5. The average Bonchev–Trinajstić information content (AvgIpc) is 2.96.